The van der Waals surface area contributed by atoms with Gasteiger partial charge in [-0.05, 0) is 45.1 Å². The van der Waals surface area contributed by atoms with E-state index in [2.05, 4.69) is 51.9 Å². The highest BCUT2D eigenvalue weighted by atomic mass is 16.2. The molecule has 2 aromatic heterocycles. The number of nitrogens with one attached hydrogen (secondary N) is 4. The Kier molecular flexibility index (Phi) is 4.00. The molecule has 0 aliphatic heterocycles. The van der Waals surface area contributed by atoms with Crippen molar-refractivity contribution in [2.45, 2.75) is 0 Å². The summed E-state index contributed by atoms with van der Waals surface area (Å²) >= 11 is 0. The highest BCUT2D eigenvalue weighted by Crippen LogP contribution is 2.20. The van der Waals surface area contributed by atoms with Crippen molar-refractivity contribution in [3.63, 3.8) is 0 Å². The predicted molar refractivity (Wildman–Crippen MR) is 91.9 cm³/mol. The van der Waals surface area contributed by atoms with Gasteiger partial charge in [0.1, 0.15) is 0 Å². The van der Waals surface area contributed by atoms with Crippen LogP contribution in [0.1, 0.15) is 0 Å². The minimum absolute atomic E-state index is 0.384. The number of tetrazole rings is 2. The number of aromatic nitrogens is 8. The zero-order chi connectivity index (χ0) is 17.8. The van der Waals surface area contributed by atoms with E-state index in [4.69, 9.17) is 0 Å². The zero-order valence-corrected chi connectivity index (χ0v) is 13.2. The fraction of sp³-hybridized carbons (Fsp3) is 0. The van der Waals surface area contributed by atoms with Crippen LogP contribution in [0, 0.1) is 0 Å². The van der Waals surface area contributed by atoms with Crippen LogP contribution in [0.4, 0.5) is 16.2 Å². The number of urea groups is 1. The molecule has 0 spiro atoms. The number of benzene rings is 2. The molecule has 0 aliphatic rings. The number of nitrogens with zero attached hydrogens (tertiary/aromatic N) is 6. The Morgan fingerprint density at radius 3 is 1.69 bits per heavy atom. The molecule has 0 aliphatic carbocycles. The maximum absolute atomic E-state index is 12.3. The standard InChI is InChI=1S/C15H12N10O/c26-15(16-11-5-1-3-9(7-11)13-18-22-23-19-13)17-12-6-2-4-10(8-12)14-20-24-25-21-14/h1-8H,(H2,16,17,26)(H,18,19,22,23)(H,20,21,24,25). The van der Waals surface area contributed by atoms with Crippen LogP contribution >= 0.6 is 0 Å². The predicted octanol–water partition coefficient (Wildman–Crippen LogP) is 1.69. The number of hydrogen-bond donors (Lipinski definition) is 4. The number of carbonyl (C=O) groups is 1. The molecule has 2 aromatic carbocycles. The quantitative estimate of drug-likeness (QED) is 0.438. The maximum Gasteiger partial charge on any atom is 0.323 e. The third-order valence-electron chi connectivity index (χ3n) is 3.48. The van der Waals surface area contributed by atoms with E-state index >= 15 is 0 Å². The molecule has 2 heterocycles. The Labute approximate surface area is 146 Å². The number of carbonyl (C=O) groups excluding carboxylic acids is 1. The van der Waals surface area contributed by atoms with Gasteiger partial charge in [0, 0.05) is 22.5 Å². The number of H-pyrrole nitrogens is 2. The lowest BCUT2D eigenvalue weighted by Gasteiger charge is -2.09. The van der Waals surface area contributed by atoms with Gasteiger partial charge >= 0.3 is 6.03 Å². The Bertz CT molecular complexity index is 931. The van der Waals surface area contributed by atoms with Crippen molar-refractivity contribution in [3.8, 4) is 22.8 Å². The third kappa shape index (κ3) is 3.36. The summed E-state index contributed by atoms with van der Waals surface area (Å²) in [6.45, 7) is 0. The van der Waals surface area contributed by atoms with Crippen LogP contribution in [-0.2, 0) is 0 Å². The van der Waals surface area contributed by atoms with Crippen LogP contribution in [0.5, 0.6) is 0 Å². The normalized spacial score (nSPS) is 10.5. The van der Waals surface area contributed by atoms with Gasteiger partial charge in [-0.25, -0.2) is 15.0 Å². The first-order valence-electron chi connectivity index (χ1n) is 7.54. The van der Waals surface area contributed by atoms with E-state index in [9.17, 15) is 4.79 Å². The van der Waals surface area contributed by atoms with Crippen molar-refractivity contribution in [2.24, 2.45) is 0 Å². The van der Waals surface area contributed by atoms with Gasteiger partial charge in [-0.1, -0.05) is 24.3 Å². The summed E-state index contributed by atoms with van der Waals surface area (Å²) in [5.41, 5.74) is 2.72. The highest BCUT2D eigenvalue weighted by Gasteiger charge is 2.08. The first-order chi connectivity index (χ1) is 12.8. The fourth-order valence-electron chi connectivity index (χ4n) is 2.34. The molecule has 0 saturated heterocycles. The monoisotopic (exact) mass is 348 g/mol. The summed E-state index contributed by atoms with van der Waals surface area (Å²) in [6, 6.07) is 13.9. The van der Waals surface area contributed by atoms with Crippen LogP contribution in [0.25, 0.3) is 22.8 Å². The Morgan fingerprint density at radius 2 is 1.27 bits per heavy atom. The first kappa shape index (κ1) is 15.4. The number of hydrogen-bond acceptors (Lipinski definition) is 7. The van der Waals surface area contributed by atoms with Crippen LogP contribution in [0.15, 0.2) is 48.5 Å². The summed E-state index contributed by atoms with van der Waals surface area (Å²) in [7, 11) is 0. The van der Waals surface area contributed by atoms with E-state index in [0.717, 1.165) is 11.1 Å². The van der Waals surface area contributed by atoms with Crippen LogP contribution in [0.2, 0.25) is 0 Å². The second-order valence-corrected chi connectivity index (χ2v) is 5.24. The van der Waals surface area contributed by atoms with Gasteiger partial charge in [-0.2, -0.15) is 0 Å². The fourth-order valence-corrected chi connectivity index (χ4v) is 2.34. The molecule has 11 nitrogen and oxygen atoms in total. The molecule has 128 valence electrons. The second-order valence-electron chi connectivity index (χ2n) is 5.24. The lowest BCUT2D eigenvalue weighted by atomic mass is 10.2. The number of amides is 2. The van der Waals surface area contributed by atoms with Crippen molar-refractivity contribution in [2.75, 3.05) is 10.6 Å². The van der Waals surface area contributed by atoms with E-state index < -0.39 is 0 Å². The minimum Gasteiger partial charge on any atom is -0.308 e. The van der Waals surface area contributed by atoms with Crippen LogP contribution in [0.3, 0.4) is 0 Å². The van der Waals surface area contributed by atoms with Gasteiger partial charge in [0.15, 0.2) is 11.6 Å². The SMILES string of the molecule is O=C(Nc1cccc(-c2nnn[nH]2)c1)Nc1cccc(-c2nnn[nH]2)c1. The topological polar surface area (TPSA) is 150 Å². The zero-order valence-electron chi connectivity index (χ0n) is 13.2. The Morgan fingerprint density at radius 1 is 0.769 bits per heavy atom. The molecule has 4 aromatic rings. The number of rotatable bonds is 4. The Hall–Kier alpha value is -4.15. The van der Waals surface area contributed by atoms with Crippen molar-refractivity contribution in [3.05, 3.63) is 48.5 Å². The highest BCUT2D eigenvalue weighted by molar-refractivity contribution is 6.00. The molecule has 0 atom stereocenters. The smallest absolute Gasteiger partial charge is 0.308 e. The van der Waals surface area contributed by atoms with Crippen LogP contribution < -0.4 is 10.6 Å². The van der Waals surface area contributed by atoms with E-state index in [1.807, 2.05) is 12.1 Å². The van der Waals surface area contributed by atoms with Gasteiger partial charge in [-0.3, -0.25) is 0 Å². The van der Waals surface area contributed by atoms with Gasteiger partial charge in [0.2, 0.25) is 0 Å². The van der Waals surface area contributed by atoms with E-state index in [-0.39, 0.29) is 6.03 Å². The van der Waals surface area contributed by atoms with Crippen LogP contribution in [-0.4, -0.2) is 47.3 Å². The van der Waals surface area contributed by atoms with Crippen molar-refractivity contribution in [1.29, 1.82) is 0 Å². The van der Waals surface area contributed by atoms with E-state index in [1.165, 1.54) is 0 Å². The summed E-state index contributed by atoms with van der Waals surface area (Å²) in [5, 5.41) is 32.7. The minimum atomic E-state index is -0.384. The lowest BCUT2D eigenvalue weighted by Crippen LogP contribution is -2.19. The molecule has 11 heteroatoms. The maximum atomic E-state index is 12.3. The van der Waals surface area contributed by atoms with Gasteiger partial charge < -0.3 is 10.6 Å². The summed E-state index contributed by atoms with van der Waals surface area (Å²) < 4.78 is 0. The molecular weight excluding hydrogens is 336 g/mol. The molecule has 26 heavy (non-hydrogen) atoms. The number of aromatic amines is 2. The van der Waals surface area contributed by atoms with Crippen molar-refractivity contribution >= 4 is 17.4 Å². The summed E-state index contributed by atoms with van der Waals surface area (Å²) in [4.78, 5) is 12.3. The molecule has 4 rings (SSSR count). The largest absolute Gasteiger partial charge is 0.323 e. The molecular formula is C15H12N10O. The molecule has 0 bridgehead atoms. The molecule has 0 unspecified atom stereocenters. The van der Waals surface area contributed by atoms with Crippen molar-refractivity contribution in [1.82, 2.24) is 41.2 Å². The van der Waals surface area contributed by atoms with Gasteiger partial charge in [0.25, 0.3) is 0 Å². The number of anilines is 2. The average Bonchev–Trinajstić information content (AvgIpc) is 3.36. The summed E-state index contributed by atoms with van der Waals surface area (Å²) in [6.07, 6.45) is 0. The van der Waals surface area contributed by atoms with E-state index in [0.29, 0.717) is 23.0 Å². The molecule has 0 radical (unpaired) electrons. The van der Waals surface area contributed by atoms with Gasteiger partial charge in [0.05, 0.1) is 0 Å². The van der Waals surface area contributed by atoms with Gasteiger partial charge in [-0.15, -0.1) is 10.2 Å². The Balaban J connectivity index is 1.46. The van der Waals surface area contributed by atoms with Crippen molar-refractivity contribution < 1.29 is 4.79 Å². The lowest BCUT2D eigenvalue weighted by molar-refractivity contribution is 0.262. The third-order valence-corrected chi connectivity index (χ3v) is 3.48. The molecule has 0 fully saturated rings. The summed E-state index contributed by atoms with van der Waals surface area (Å²) in [5.74, 6) is 1.03. The first-order valence-corrected chi connectivity index (χ1v) is 7.54. The molecule has 0 saturated carbocycles. The second kappa shape index (κ2) is 6.76. The average molecular weight is 348 g/mol. The molecule has 2 amide bonds. The molecule has 4 N–H and O–H groups in total. The van der Waals surface area contributed by atoms with E-state index in [1.54, 1.807) is 36.4 Å².